The Morgan fingerprint density at radius 1 is 1.43 bits per heavy atom. The SMILES string of the molecule is Cc1ccc([N+](=O)[O-])cc1-c1ccc([C@H]2N[C@H](C(=O)O)CS2)o1. The number of hydrogen-bond donors (Lipinski definition) is 2. The highest BCUT2D eigenvalue weighted by Gasteiger charge is 2.32. The Kier molecular flexibility index (Phi) is 4.10. The van der Waals surface area contributed by atoms with Crippen molar-refractivity contribution >= 4 is 23.4 Å². The summed E-state index contributed by atoms with van der Waals surface area (Å²) in [4.78, 5) is 21.5. The van der Waals surface area contributed by atoms with E-state index in [1.165, 1.54) is 23.9 Å². The molecule has 1 saturated heterocycles. The van der Waals surface area contributed by atoms with Gasteiger partial charge in [-0.3, -0.25) is 20.2 Å². The molecular formula is C15H14N2O5S. The van der Waals surface area contributed by atoms with E-state index in [9.17, 15) is 14.9 Å². The average molecular weight is 334 g/mol. The number of hydrogen-bond acceptors (Lipinski definition) is 6. The molecule has 3 rings (SSSR count). The lowest BCUT2D eigenvalue weighted by Gasteiger charge is -2.08. The van der Waals surface area contributed by atoms with Crippen LogP contribution < -0.4 is 5.32 Å². The Labute approximate surface area is 135 Å². The van der Waals surface area contributed by atoms with Gasteiger partial charge < -0.3 is 9.52 Å². The number of carboxylic acid groups (broad SMARTS) is 1. The fraction of sp³-hybridized carbons (Fsp3) is 0.267. The third-order valence-corrected chi connectivity index (χ3v) is 4.89. The van der Waals surface area contributed by atoms with Gasteiger partial charge in [0.05, 0.1) is 4.92 Å². The number of nitrogens with one attached hydrogen (secondary N) is 1. The summed E-state index contributed by atoms with van der Waals surface area (Å²) in [6, 6.07) is 7.53. The Balaban J connectivity index is 1.87. The van der Waals surface area contributed by atoms with Crippen LogP contribution in [0.15, 0.2) is 34.7 Å². The first kappa shape index (κ1) is 15.6. The molecule has 1 aliphatic rings. The minimum absolute atomic E-state index is 0.00265. The van der Waals surface area contributed by atoms with Crippen molar-refractivity contribution in [2.45, 2.75) is 18.3 Å². The molecule has 7 nitrogen and oxygen atoms in total. The molecule has 2 N–H and O–H groups in total. The second kappa shape index (κ2) is 6.05. The Hall–Kier alpha value is -2.32. The number of nitrogens with zero attached hydrogens (tertiary/aromatic N) is 1. The first-order valence-corrected chi connectivity index (χ1v) is 7.96. The van der Waals surface area contributed by atoms with Crippen LogP contribution in [0.2, 0.25) is 0 Å². The van der Waals surface area contributed by atoms with Crippen LogP contribution in [-0.4, -0.2) is 27.8 Å². The van der Waals surface area contributed by atoms with Gasteiger partial charge in [-0.25, -0.2) is 0 Å². The minimum atomic E-state index is -0.888. The highest BCUT2D eigenvalue weighted by Crippen LogP contribution is 2.37. The molecule has 1 aliphatic heterocycles. The lowest BCUT2D eigenvalue weighted by molar-refractivity contribution is -0.384. The van der Waals surface area contributed by atoms with Gasteiger partial charge in [-0.05, 0) is 24.6 Å². The summed E-state index contributed by atoms with van der Waals surface area (Å²) in [5.41, 5.74) is 1.53. The monoisotopic (exact) mass is 334 g/mol. The van der Waals surface area contributed by atoms with E-state index in [4.69, 9.17) is 9.52 Å². The van der Waals surface area contributed by atoms with Crippen molar-refractivity contribution < 1.29 is 19.2 Å². The first-order valence-electron chi connectivity index (χ1n) is 6.91. The molecule has 0 unspecified atom stereocenters. The molecule has 8 heteroatoms. The van der Waals surface area contributed by atoms with E-state index in [2.05, 4.69) is 5.32 Å². The molecule has 0 bridgehead atoms. The van der Waals surface area contributed by atoms with Crippen LogP contribution in [-0.2, 0) is 4.79 Å². The summed E-state index contributed by atoms with van der Waals surface area (Å²) in [7, 11) is 0. The van der Waals surface area contributed by atoms with E-state index in [0.717, 1.165) is 5.56 Å². The van der Waals surface area contributed by atoms with Crippen LogP contribution >= 0.6 is 11.8 Å². The lowest BCUT2D eigenvalue weighted by atomic mass is 10.1. The number of non-ortho nitro benzene ring substituents is 1. The van der Waals surface area contributed by atoms with Gasteiger partial charge in [-0.1, -0.05) is 6.07 Å². The number of thioether (sulfide) groups is 1. The third kappa shape index (κ3) is 3.08. The Morgan fingerprint density at radius 2 is 2.22 bits per heavy atom. The zero-order valence-corrected chi connectivity index (χ0v) is 13.0. The van der Waals surface area contributed by atoms with Gasteiger partial charge in [0.25, 0.3) is 5.69 Å². The van der Waals surface area contributed by atoms with E-state index in [-0.39, 0.29) is 11.1 Å². The first-order chi connectivity index (χ1) is 11.0. The Bertz CT molecular complexity index is 773. The van der Waals surface area contributed by atoms with Gasteiger partial charge in [0, 0.05) is 23.4 Å². The van der Waals surface area contributed by atoms with Crippen LogP contribution in [0.3, 0.4) is 0 Å². The molecule has 2 heterocycles. The summed E-state index contributed by atoms with van der Waals surface area (Å²) in [6.07, 6.45) is 0. The number of aryl methyl sites for hydroxylation is 1. The fourth-order valence-corrected chi connectivity index (χ4v) is 3.58. The molecule has 1 aromatic heterocycles. The number of aliphatic carboxylic acids is 1. The molecule has 23 heavy (non-hydrogen) atoms. The molecule has 0 saturated carbocycles. The highest BCUT2D eigenvalue weighted by atomic mass is 32.2. The van der Waals surface area contributed by atoms with Crippen molar-refractivity contribution in [3.05, 3.63) is 51.8 Å². The lowest BCUT2D eigenvalue weighted by Crippen LogP contribution is -2.33. The van der Waals surface area contributed by atoms with E-state index in [1.807, 2.05) is 6.92 Å². The summed E-state index contributed by atoms with van der Waals surface area (Å²) in [5.74, 6) is 0.717. The molecule has 0 spiro atoms. The van der Waals surface area contributed by atoms with Crippen molar-refractivity contribution in [2.24, 2.45) is 0 Å². The zero-order valence-electron chi connectivity index (χ0n) is 12.2. The van der Waals surface area contributed by atoms with Gasteiger partial charge in [0.1, 0.15) is 22.9 Å². The summed E-state index contributed by atoms with van der Waals surface area (Å²) < 4.78 is 5.80. The topological polar surface area (TPSA) is 106 Å². The fourth-order valence-electron chi connectivity index (χ4n) is 2.41. The van der Waals surface area contributed by atoms with Crippen molar-refractivity contribution in [1.29, 1.82) is 0 Å². The van der Waals surface area contributed by atoms with Gasteiger partial charge in [0.2, 0.25) is 0 Å². The smallest absolute Gasteiger partial charge is 0.321 e. The van der Waals surface area contributed by atoms with Crippen LogP contribution in [0.1, 0.15) is 16.7 Å². The number of benzene rings is 1. The van der Waals surface area contributed by atoms with Crippen molar-refractivity contribution in [3.8, 4) is 11.3 Å². The van der Waals surface area contributed by atoms with Crippen LogP contribution in [0.5, 0.6) is 0 Å². The van der Waals surface area contributed by atoms with Gasteiger partial charge in [-0.15, -0.1) is 11.8 Å². The second-order valence-electron chi connectivity index (χ2n) is 5.23. The molecular weight excluding hydrogens is 320 g/mol. The number of carboxylic acids is 1. The summed E-state index contributed by atoms with van der Waals surface area (Å²) >= 11 is 1.46. The molecule has 0 radical (unpaired) electrons. The number of nitro groups is 1. The van der Waals surface area contributed by atoms with E-state index >= 15 is 0 Å². The second-order valence-corrected chi connectivity index (χ2v) is 6.37. The predicted molar refractivity (Wildman–Crippen MR) is 85.3 cm³/mol. The van der Waals surface area contributed by atoms with Crippen LogP contribution in [0.25, 0.3) is 11.3 Å². The molecule has 0 amide bonds. The quantitative estimate of drug-likeness (QED) is 0.654. The van der Waals surface area contributed by atoms with Gasteiger partial charge >= 0.3 is 5.97 Å². The van der Waals surface area contributed by atoms with Crippen molar-refractivity contribution in [3.63, 3.8) is 0 Å². The largest absolute Gasteiger partial charge is 0.480 e. The number of rotatable bonds is 4. The van der Waals surface area contributed by atoms with Crippen LogP contribution in [0, 0.1) is 17.0 Å². The normalized spacial score (nSPS) is 20.6. The van der Waals surface area contributed by atoms with Gasteiger partial charge in [-0.2, -0.15) is 0 Å². The standard InChI is InChI=1S/C15H14N2O5S/c1-8-2-3-9(17(20)21)6-10(8)12-4-5-13(22-12)14-16-11(7-23-14)15(18)19/h2-6,11,14,16H,7H2,1H3,(H,18,19)/t11-,14-/m0/s1. The van der Waals surface area contributed by atoms with E-state index in [1.54, 1.807) is 18.2 Å². The highest BCUT2D eigenvalue weighted by molar-refractivity contribution is 7.99. The molecule has 1 aromatic carbocycles. The Morgan fingerprint density at radius 3 is 2.87 bits per heavy atom. The zero-order chi connectivity index (χ0) is 16.6. The molecule has 2 atom stereocenters. The number of furan rings is 1. The number of carbonyl (C=O) groups is 1. The maximum absolute atomic E-state index is 11.0. The maximum atomic E-state index is 11.0. The summed E-state index contributed by atoms with van der Waals surface area (Å²) in [6.45, 7) is 1.85. The molecule has 1 fully saturated rings. The molecule has 0 aliphatic carbocycles. The molecule has 2 aromatic rings. The van der Waals surface area contributed by atoms with Gasteiger partial charge in [0.15, 0.2) is 0 Å². The average Bonchev–Trinajstić information content (AvgIpc) is 3.16. The number of nitro benzene ring substituents is 1. The minimum Gasteiger partial charge on any atom is -0.480 e. The third-order valence-electron chi connectivity index (χ3n) is 3.66. The van der Waals surface area contributed by atoms with Crippen LogP contribution in [0.4, 0.5) is 5.69 Å². The van der Waals surface area contributed by atoms with Crippen molar-refractivity contribution in [2.75, 3.05) is 5.75 Å². The van der Waals surface area contributed by atoms with E-state index < -0.39 is 16.9 Å². The summed E-state index contributed by atoms with van der Waals surface area (Å²) in [5, 5.41) is 22.7. The van der Waals surface area contributed by atoms with Crippen molar-refractivity contribution in [1.82, 2.24) is 5.32 Å². The maximum Gasteiger partial charge on any atom is 0.321 e. The van der Waals surface area contributed by atoms with E-state index in [0.29, 0.717) is 22.8 Å². The predicted octanol–water partition coefficient (Wildman–Crippen LogP) is 2.95. The molecule has 120 valence electrons.